The summed E-state index contributed by atoms with van der Waals surface area (Å²) in [4.78, 5) is 25.5. The topological polar surface area (TPSA) is 104 Å². The molecule has 6 heteroatoms. The zero-order valence-corrected chi connectivity index (χ0v) is 21.7. The number of hydrogen-bond acceptors (Lipinski definition) is 5. The number of allylic oxidation sites excluding steroid dienone is 5. The number of aliphatic hydroxyl groups is 2. The molecule has 0 radical (unpaired) electrons. The summed E-state index contributed by atoms with van der Waals surface area (Å²) in [5.41, 5.74) is 0.237. The molecule has 6 nitrogen and oxygen atoms in total. The van der Waals surface area contributed by atoms with Crippen LogP contribution < -0.4 is 0 Å². The number of cyclic esters (lactones) is 1. The first-order valence-electron chi connectivity index (χ1n) is 13.0. The number of esters is 1. The lowest BCUT2D eigenvalue weighted by molar-refractivity contribution is -0.172. The SMILES string of the molecule is CC1=C[C@H]2[C@H](O)[C@@H](C)CC[C@@H]2[C@@]2(C)C(=O)O[C@H](C)CCC/C=C(/C(=O)O)[C@H](O)[C@@H](C)/C=C\C=C/[C@@H]12. The second-order valence-electron chi connectivity index (χ2n) is 11.1. The molecule has 35 heavy (non-hydrogen) atoms. The molecule has 9 atom stereocenters. The molecule has 0 amide bonds. The maximum absolute atomic E-state index is 13.8. The van der Waals surface area contributed by atoms with Crippen LogP contribution in [0.2, 0.25) is 0 Å². The highest BCUT2D eigenvalue weighted by atomic mass is 16.5. The van der Waals surface area contributed by atoms with E-state index in [9.17, 15) is 24.9 Å². The number of carboxylic acid groups (broad SMARTS) is 1. The number of hydrogen-bond donors (Lipinski definition) is 3. The van der Waals surface area contributed by atoms with E-state index in [0.717, 1.165) is 18.4 Å². The van der Waals surface area contributed by atoms with Gasteiger partial charge >= 0.3 is 11.9 Å². The van der Waals surface area contributed by atoms with Gasteiger partial charge in [0.25, 0.3) is 0 Å². The van der Waals surface area contributed by atoms with Crippen LogP contribution in [-0.2, 0) is 14.3 Å². The maximum atomic E-state index is 13.8. The highest BCUT2D eigenvalue weighted by Gasteiger charge is 2.56. The highest BCUT2D eigenvalue weighted by Crippen LogP contribution is 2.55. The Bertz CT molecular complexity index is 914. The van der Waals surface area contributed by atoms with Crippen molar-refractivity contribution in [3.63, 3.8) is 0 Å². The predicted molar refractivity (Wildman–Crippen MR) is 135 cm³/mol. The van der Waals surface area contributed by atoms with E-state index in [4.69, 9.17) is 4.74 Å². The molecule has 194 valence electrons. The lowest BCUT2D eigenvalue weighted by atomic mass is 9.52. The largest absolute Gasteiger partial charge is 0.478 e. The average molecular weight is 487 g/mol. The summed E-state index contributed by atoms with van der Waals surface area (Å²) in [5.74, 6) is -1.82. The first-order valence-corrected chi connectivity index (χ1v) is 13.0. The van der Waals surface area contributed by atoms with Gasteiger partial charge in [-0.15, -0.1) is 0 Å². The van der Waals surface area contributed by atoms with Crippen molar-refractivity contribution in [2.24, 2.45) is 35.0 Å². The molecule has 0 aromatic rings. The molecule has 0 aromatic carbocycles. The standard InChI is InChI=1S/C29H42O6/c1-17-10-6-9-13-23-19(3)16-22-24(15-14-18(2)26(22)31)29(23,5)28(34)35-20(4)11-7-8-12-21(25(17)30)27(32)33/h6,9-10,12-13,16-18,20,22-26,30-31H,7-8,11,14-15H2,1-5H3,(H,32,33)/b10-6-,13-9-,21-12+/t17-,18-,20+,22+,23-,24-,25+,26+,29-/m0/s1. The minimum Gasteiger partial charge on any atom is -0.478 e. The number of aliphatic carboxylic acids is 1. The summed E-state index contributed by atoms with van der Waals surface area (Å²) in [6, 6.07) is 0. The lowest BCUT2D eigenvalue weighted by Crippen LogP contribution is -2.54. The van der Waals surface area contributed by atoms with Crippen molar-refractivity contribution in [3.8, 4) is 0 Å². The van der Waals surface area contributed by atoms with Crippen LogP contribution in [0.4, 0.5) is 0 Å². The lowest BCUT2D eigenvalue weighted by Gasteiger charge is -2.52. The Balaban J connectivity index is 2.01. The normalized spacial score (nSPS) is 44.5. The van der Waals surface area contributed by atoms with E-state index in [1.807, 2.05) is 39.0 Å². The fourth-order valence-electron chi connectivity index (χ4n) is 6.25. The Hall–Kier alpha value is -2.18. The van der Waals surface area contributed by atoms with Crippen molar-refractivity contribution in [2.75, 3.05) is 0 Å². The number of rotatable bonds is 1. The molecule has 3 rings (SSSR count). The molecule has 1 heterocycles. The minimum atomic E-state index is -1.12. The average Bonchev–Trinajstić information content (AvgIpc) is 2.79. The fourth-order valence-corrected chi connectivity index (χ4v) is 6.25. The molecule has 0 saturated heterocycles. The van der Waals surface area contributed by atoms with Crippen molar-refractivity contribution < 1.29 is 29.6 Å². The van der Waals surface area contributed by atoms with E-state index in [-0.39, 0.29) is 47.2 Å². The molecule has 0 unspecified atom stereocenters. The van der Waals surface area contributed by atoms with Crippen molar-refractivity contribution in [1.82, 2.24) is 0 Å². The van der Waals surface area contributed by atoms with Crippen LogP contribution >= 0.6 is 0 Å². The summed E-state index contributed by atoms with van der Waals surface area (Å²) < 4.78 is 6.01. The van der Waals surface area contributed by atoms with E-state index in [0.29, 0.717) is 19.3 Å². The first-order chi connectivity index (χ1) is 16.5. The molecule has 3 N–H and O–H groups in total. The van der Waals surface area contributed by atoms with Gasteiger partial charge in [0.15, 0.2) is 0 Å². The summed E-state index contributed by atoms with van der Waals surface area (Å²) in [6.07, 6.45) is 12.8. The number of aliphatic hydroxyl groups excluding tert-OH is 2. The molecule has 1 saturated carbocycles. The molecule has 0 bridgehead atoms. The number of carboxylic acids is 1. The Morgan fingerprint density at radius 3 is 2.46 bits per heavy atom. The van der Waals surface area contributed by atoms with Crippen molar-refractivity contribution >= 4 is 11.9 Å². The van der Waals surface area contributed by atoms with Crippen LogP contribution in [0, 0.1) is 35.0 Å². The molecular weight excluding hydrogens is 444 g/mol. The van der Waals surface area contributed by atoms with Crippen LogP contribution in [0.5, 0.6) is 0 Å². The summed E-state index contributed by atoms with van der Waals surface area (Å²) >= 11 is 0. The van der Waals surface area contributed by atoms with Crippen molar-refractivity contribution in [3.05, 3.63) is 47.6 Å². The van der Waals surface area contributed by atoms with Crippen molar-refractivity contribution in [1.29, 1.82) is 0 Å². The van der Waals surface area contributed by atoms with Crippen LogP contribution in [0.3, 0.4) is 0 Å². The Morgan fingerprint density at radius 2 is 1.77 bits per heavy atom. The van der Waals surface area contributed by atoms with Gasteiger partial charge in [-0.25, -0.2) is 4.79 Å². The van der Waals surface area contributed by atoms with Gasteiger partial charge in [-0.2, -0.15) is 0 Å². The summed E-state index contributed by atoms with van der Waals surface area (Å²) in [5, 5.41) is 31.2. The molecule has 1 aliphatic heterocycles. The molecule has 1 fully saturated rings. The number of fused-ring (bicyclic) bond motifs is 3. The van der Waals surface area contributed by atoms with E-state index in [1.165, 1.54) is 0 Å². The molecule has 3 aliphatic rings. The van der Waals surface area contributed by atoms with Crippen LogP contribution in [0.25, 0.3) is 0 Å². The van der Waals surface area contributed by atoms with Gasteiger partial charge < -0.3 is 20.1 Å². The van der Waals surface area contributed by atoms with Gasteiger partial charge in [-0.05, 0) is 64.7 Å². The van der Waals surface area contributed by atoms with Crippen LogP contribution in [0.1, 0.15) is 66.7 Å². The fraction of sp³-hybridized carbons (Fsp3) is 0.655. The first kappa shape index (κ1) is 27.4. The number of ether oxygens (including phenoxy) is 1. The third-order valence-electron chi connectivity index (χ3n) is 8.56. The van der Waals surface area contributed by atoms with E-state index < -0.39 is 23.6 Å². The van der Waals surface area contributed by atoms with Crippen LogP contribution in [-0.4, -0.2) is 45.6 Å². The smallest absolute Gasteiger partial charge is 0.333 e. The zero-order chi connectivity index (χ0) is 25.9. The van der Waals surface area contributed by atoms with E-state index >= 15 is 0 Å². The van der Waals surface area contributed by atoms with Gasteiger partial charge in [-0.1, -0.05) is 55.9 Å². The monoisotopic (exact) mass is 486 g/mol. The highest BCUT2D eigenvalue weighted by molar-refractivity contribution is 5.87. The Kier molecular flexibility index (Phi) is 8.81. The van der Waals surface area contributed by atoms with Gasteiger partial charge in [0.1, 0.15) is 0 Å². The van der Waals surface area contributed by atoms with Gasteiger partial charge in [0.2, 0.25) is 0 Å². The summed E-state index contributed by atoms with van der Waals surface area (Å²) in [7, 11) is 0. The van der Waals surface area contributed by atoms with Crippen molar-refractivity contribution in [2.45, 2.75) is 85.0 Å². The second kappa shape index (κ2) is 11.3. The Labute approximate surface area is 209 Å². The molecule has 0 spiro atoms. The quantitative estimate of drug-likeness (QED) is 0.362. The zero-order valence-electron chi connectivity index (χ0n) is 21.7. The van der Waals surface area contributed by atoms with Gasteiger partial charge in [-0.3, -0.25) is 4.79 Å². The van der Waals surface area contributed by atoms with E-state index in [2.05, 4.69) is 13.0 Å². The maximum Gasteiger partial charge on any atom is 0.333 e. The molecule has 0 aromatic heterocycles. The molecule has 2 aliphatic carbocycles. The van der Waals surface area contributed by atoms with E-state index in [1.54, 1.807) is 19.1 Å². The second-order valence-corrected chi connectivity index (χ2v) is 11.1. The third-order valence-corrected chi connectivity index (χ3v) is 8.56. The number of carbonyl (C=O) groups excluding carboxylic acids is 1. The van der Waals surface area contributed by atoms with Gasteiger partial charge in [0.05, 0.1) is 29.3 Å². The van der Waals surface area contributed by atoms with Crippen LogP contribution in [0.15, 0.2) is 47.6 Å². The predicted octanol–water partition coefficient (Wildman–Crippen LogP) is 4.83. The third kappa shape index (κ3) is 5.64. The number of carbonyl (C=O) groups is 2. The van der Waals surface area contributed by atoms with Gasteiger partial charge in [0, 0.05) is 17.8 Å². The minimum absolute atomic E-state index is 0.00219. The summed E-state index contributed by atoms with van der Waals surface area (Å²) in [6.45, 7) is 9.75. The molecular formula is C29H42O6. The Morgan fingerprint density at radius 1 is 1.09 bits per heavy atom.